The van der Waals surface area contributed by atoms with Crippen LogP contribution in [0.3, 0.4) is 0 Å². The summed E-state index contributed by atoms with van der Waals surface area (Å²) in [6.07, 6.45) is 2.36. The quantitative estimate of drug-likeness (QED) is 0.790. The van der Waals surface area contributed by atoms with Crippen LogP contribution in [0.4, 0.5) is 5.69 Å². The van der Waals surface area contributed by atoms with E-state index in [0.29, 0.717) is 17.9 Å². The van der Waals surface area contributed by atoms with Gasteiger partial charge in [-0.15, -0.1) is 0 Å². The Kier molecular flexibility index (Phi) is 4.96. The number of carbonyl (C=O) groups excluding carboxylic acids is 2. The van der Waals surface area contributed by atoms with Crippen molar-refractivity contribution in [3.05, 3.63) is 64.7 Å². The van der Waals surface area contributed by atoms with Crippen molar-refractivity contribution < 1.29 is 9.59 Å². The van der Waals surface area contributed by atoms with Crippen LogP contribution in [0.25, 0.3) is 0 Å². The maximum absolute atomic E-state index is 13.5. The van der Waals surface area contributed by atoms with Gasteiger partial charge in [0.15, 0.2) is 0 Å². The summed E-state index contributed by atoms with van der Waals surface area (Å²) in [6.45, 7) is 7.94. The van der Waals surface area contributed by atoms with E-state index < -0.39 is 0 Å². The second-order valence-electron chi connectivity index (χ2n) is 8.34. The molecule has 0 aromatic heterocycles. The van der Waals surface area contributed by atoms with Crippen molar-refractivity contribution >= 4 is 17.5 Å². The standard InChI is InChI=1S/C24H28N2O2/c1-16(2)23-21-10-9-17(3)14-18(21)11-13-26(23)24(28)19-6-4-7-20(15-19)25-12-5-8-22(25)27/h4,6-7,9-10,14-16,23H,5,8,11-13H2,1-3H3. The predicted molar refractivity (Wildman–Crippen MR) is 112 cm³/mol. The summed E-state index contributed by atoms with van der Waals surface area (Å²) < 4.78 is 0. The van der Waals surface area contributed by atoms with Crippen LogP contribution in [-0.2, 0) is 11.2 Å². The minimum atomic E-state index is 0.0541. The maximum Gasteiger partial charge on any atom is 0.254 e. The zero-order valence-corrected chi connectivity index (χ0v) is 16.9. The van der Waals surface area contributed by atoms with Gasteiger partial charge < -0.3 is 9.80 Å². The first-order chi connectivity index (χ1) is 13.5. The van der Waals surface area contributed by atoms with E-state index in [0.717, 1.165) is 31.6 Å². The highest BCUT2D eigenvalue weighted by molar-refractivity contribution is 5.99. The summed E-state index contributed by atoms with van der Waals surface area (Å²) in [6, 6.07) is 14.2. The summed E-state index contributed by atoms with van der Waals surface area (Å²) in [7, 11) is 0. The van der Waals surface area contributed by atoms with Crippen molar-refractivity contribution in [3.63, 3.8) is 0 Å². The molecule has 2 aliphatic heterocycles. The molecule has 0 aliphatic carbocycles. The van der Waals surface area contributed by atoms with Crippen LogP contribution in [-0.4, -0.2) is 29.8 Å². The van der Waals surface area contributed by atoms with E-state index in [1.54, 1.807) is 4.90 Å². The fourth-order valence-corrected chi connectivity index (χ4v) is 4.63. The van der Waals surface area contributed by atoms with Crippen molar-refractivity contribution in [1.29, 1.82) is 0 Å². The average molecular weight is 377 g/mol. The van der Waals surface area contributed by atoms with E-state index in [-0.39, 0.29) is 17.9 Å². The van der Waals surface area contributed by atoms with E-state index in [1.165, 1.54) is 16.7 Å². The third-order valence-corrected chi connectivity index (χ3v) is 5.95. The summed E-state index contributed by atoms with van der Waals surface area (Å²) >= 11 is 0. The highest BCUT2D eigenvalue weighted by atomic mass is 16.2. The fourth-order valence-electron chi connectivity index (χ4n) is 4.63. The van der Waals surface area contributed by atoms with Crippen LogP contribution in [0, 0.1) is 12.8 Å². The van der Waals surface area contributed by atoms with E-state index in [1.807, 2.05) is 29.2 Å². The van der Waals surface area contributed by atoms with Crippen molar-refractivity contribution in [2.75, 3.05) is 18.0 Å². The largest absolute Gasteiger partial charge is 0.331 e. The normalized spacial score (nSPS) is 19.3. The lowest BCUT2D eigenvalue weighted by molar-refractivity contribution is -0.117. The molecule has 146 valence electrons. The highest BCUT2D eigenvalue weighted by Gasteiger charge is 2.33. The minimum absolute atomic E-state index is 0.0541. The first-order valence-corrected chi connectivity index (χ1v) is 10.3. The molecule has 2 aromatic carbocycles. The number of hydrogen-bond acceptors (Lipinski definition) is 2. The van der Waals surface area contributed by atoms with Crippen molar-refractivity contribution in [1.82, 2.24) is 4.90 Å². The Hall–Kier alpha value is -2.62. The van der Waals surface area contributed by atoms with Crippen LogP contribution < -0.4 is 4.90 Å². The molecule has 1 unspecified atom stereocenters. The average Bonchev–Trinajstić information content (AvgIpc) is 3.12. The first kappa shape index (κ1) is 18.7. The Bertz CT molecular complexity index is 919. The van der Waals surface area contributed by atoms with Gasteiger partial charge in [-0.05, 0) is 55.0 Å². The molecule has 2 amide bonds. The predicted octanol–water partition coefficient (Wildman–Crippen LogP) is 4.52. The van der Waals surface area contributed by atoms with E-state index >= 15 is 0 Å². The summed E-state index contributed by atoms with van der Waals surface area (Å²) in [5, 5.41) is 0. The molecule has 0 bridgehead atoms. The van der Waals surface area contributed by atoms with Crippen LogP contribution in [0.2, 0.25) is 0 Å². The number of amides is 2. The Labute approximate surface area is 167 Å². The Morgan fingerprint density at radius 3 is 2.61 bits per heavy atom. The lowest BCUT2D eigenvalue weighted by atomic mass is 9.85. The smallest absolute Gasteiger partial charge is 0.254 e. The second-order valence-corrected chi connectivity index (χ2v) is 8.34. The van der Waals surface area contributed by atoms with Crippen molar-refractivity contribution in [3.8, 4) is 0 Å². The minimum Gasteiger partial charge on any atom is -0.331 e. The highest BCUT2D eigenvalue weighted by Crippen LogP contribution is 2.37. The number of hydrogen-bond donors (Lipinski definition) is 0. The van der Waals surface area contributed by atoms with Crippen LogP contribution in [0.5, 0.6) is 0 Å². The molecule has 1 atom stereocenters. The second kappa shape index (κ2) is 7.42. The van der Waals surface area contributed by atoms with Gasteiger partial charge in [0.1, 0.15) is 0 Å². The third-order valence-electron chi connectivity index (χ3n) is 5.95. The molecule has 1 fully saturated rings. The van der Waals surface area contributed by atoms with Crippen molar-refractivity contribution in [2.45, 2.75) is 46.1 Å². The zero-order valence-electron chi connectivity index (χ0n) is 16.9. The summed E-state index contributed by atoms with van der Waals surface area (Å²) in [5.41, 5.74) is 5.40. The molecule has 28 heavy (non-hydrogen) atoms. The van der Waals surface area contributed by atoms with E-state index in [4.69, 9.17) is 0 Å². The molecular weight excluding hydrogens is 348 g/mol. The molecule has 4 heteroatoms. The molecule has 4 rings (SSSR count). The van der Waals surface area contributed by atoms with Crippen LogP contribution in [0.15, 0.2) is 42.5 Å². The molecule has 0 saturated carbocycles. The zero-order chi connectivity index (χ0) is 19.8. The van der Waals surface area contributed by atoms with Crippen molar-refractivity contribution in [2.24, 2.45) is 5.92 Å². The van der Waals surface area contributed by atoms with Gasteiger partial charge in [-0.2, -0.15) is 0 Å². The number of carbonyl (C=O) groups is 2. The summed E-state index contributed by atoms with van der Waals surface area (Å²) in [4.78, 5) is 29.4. The number of aryl methyl sites for hydroxylation is 1. The molecule has 0 spiro atoms. The van der Waals surface area contributed by atoms with Gasteiger partial charge >= 0.3 is 0 Å². The van der Waals surface area contributed by atoms with Gasteiger partial charge in [0.25, 0.3) is 5.91 Å². The maximum atomic E-state index is 13.5. The lowest BCUT2D eigenvalue weighted by Gasteiger charge is -2.40. The molecule has 0 radical (unpaired) electrons. The topological polar surface area (TPSA) is 40.6 Å². The number of anilines is 1. The Morgan fingerprint density at radius 1 is 1.07 bits per heavy atom. The third kappa shape index (κ3) is 3.32. The number of rotatable bonds is 3. The number of nitrogens with zero attached hydrogens (tertiary/aromatic N) is 2. The monoisotopic (exact) mass is 376 g/mol. The molecular formula is C24H28N2O2. The van der Waals surface area contributed by atoms with Gasteiger partial charge in [-0.3, -0.25) is 9.59 Å². The first-order valence-electron chi connectivity index (χ1n) is 10.3. The van der Waals surface area contributed by atoms with Crippen LogP contribution >= 0.6 is 0 Å². The number of fused-ring (bicyclic) bond motifs is 1. The fraction of sp³-hybridized carbons (Fsp3) is 0.417. The lowest BCUT2D eigenvalue weighted by Crippen LogP contribution is -2.42. The molecule has 2 heterocycles. The van der Waals surface area contributed by atoms with E-state index in [2.05, 4.69) is 39.0 Å². The summed E-state index contributed by atoms with van der Waals surface area (Å²) in [5.74, 6) is 0.527. The van der Waals surface area contributed by atoms with Gasteiger partial charge in [0.05, 0.1) is 6.04 Å². The molecule has 4 nitrogen and oxygen atoms in total. The molecule has 1 saturated heterocycles. The van der Waals surface area contributed by atoms with Gasteiger partial charge in [-0.1, -0.05) is 43.7 Å². The van der Waals surface area contributed by atoms with Gasteiger partial charge in [0.2, 0.25) is 5.91 Å². The Morgan fingerprint density at radius 2 is 1.89 bits per heavy atom. The molecule has 2 aromatic rings. The number of benzene rings is 2. The van der Waals surface area contributed by atoms with Gasteiger partial charge in [-0.25, -0.2) is 0 Å². The van der Waals surface area contributed by atoms with Gasteiger partial charge in [0, 0.05) is 30.8 Å². The SMILES string of the molecule is Cc1ccc2c(c1)CCN(C(=O)c1cccc(N3CCCC3=O)c1)C2C(C)C. The van der Waals surface area contributed by atoms with E-state index in [9.17, 15) is 9.59 Å². The molecule has 2 aliphatic rings. The Balaban J connectivity index is 1.66. The molecule has 0 N–H and O–H groups in total. The van der Waals surface area contributed by atoms with Crippen LogP contribution in [0.1, 0.15) is 59.8 Å².